The summed E-state index contributed by atoms with van der Waals surface area (Å²) in [6, 6.07) is 0. The number of hydrogen-bond acceptors (Lipinski definition) is 0. The molecule has 1 radical (unpaired) electrons. The van der Waals surface area contributed by atoms with Crippen molar-refractivity contribution >= 4 is 0 Å². The van der Waals surface area contributed by atoms with Crippen LogP contribution in [0.3, 0.4) is 0 Å². The molecule has 0 rings (SSSR count). The summed E-state index contributed by atoms with van der Waals surface area (Å²) >= 11 is 0. The van der Waals surface area contributed by atoms with Crippen LogP contribution in [0, 0.1) is 12.3 Å². The van der Waals surface area contributed by atoms with Crippen molar-refractivity contribution in [1.29, 1.82) is 0 Å². The average Bonchev–Trinajstić information content (AvgIpc) is 2.70. The van der Waals surface area contributed by atoms with Gasteiger partial charge in [-0.05, 0) is 31.1 Å². The van der Waals surface area contributed by atoms with Crippen LogP contribution >= 0.6 is 0 Å². The maximum Gasteiger partial charge on any atom is -0.0297 e. The molecule has 0 heterocycles. The fraction of sp³-hybridized carbons (Fsp3) is 0.964. The quantitative estimate of drug-likeness (QED) is 0.151. The fourth-order valence-corrected chi connectivity index (χ4v) is 4.97. The van der Waals surface area contributed by atoms with Crippen molar-refractivity contribution in [2.45, 2.75) is 168 Å². The van der Waals surface area contributed by atoms with Crippen LogP contribution in [-0.2, 0) is 0 Å². The molecule has 0 bridgehead atoms. The van der Waals surface area contributed by atoms with Gasteiger partial charge in [-0.2, -0.15) is 0 Å². The minimum atomic E-state index is 0.627. The third-order valence-corrected chi connectivity index (χ3v) is 6.89. The summed E-state index contributed by atoms with van der Waals surface area (Å²) in [6.45, 7) is 11.2. The summed E-state index contributed by atoms with van der Waals surface area (Å²) in [5.74, 6) is 0. The zero-order chi connectivity index (χ0) is 20.8. The van der Waals surface area contributed by atoms with Gasteiger partial charge in [0.2, 0.25) is 0 Å². The topological polar surface area (TPSA) is 0 Å². The van der Waals surface area contributed by atoms with Crippen LogP contribution in [0.15, 0.2) is 0 Å². The standard InChI is InChI=1S/C28H57/c1-5-9-12-15-18-21-25-28(24-8-4,26-22-19-16-13-10-6-2)27-23-20-17-14-11-7-3/h4-27H2,1-3H3. The van der Waals surface area contributed by atoms with E-state index < -0.39 is 0 Å². The molecule has 0 unspecified atom stereocenters. The third kappa shape index (κ3) is 16.9. The van der Waals surface area contributed by atoms with Crippen LogP contribution in [0.1, 0.15) is 168 Å². The first kappa shape index (κ1) is 28.0. The molecule has 0 aromatic rings. The molecule has 0 fully saturated rings. The third-order valence-electron chi connectivity index (χ3n) is 6.89. The maximum absolute atomic E-state index is 4.28. The Morgan fingerprint density at radius 1 is 0.393 bits per heavy atom. The lowest BCUT2D eigenvalue weighted by Gasteiger charge is -2.35. The minimum absolute atomic E-state index is 0.627. The van der Waals surface area contributed by atoms with Crippen LogP contribution in [-0.4, -0.2) is 0 Å². The van der Waals surface area contributed by atoms with Gasteiger partial charge in [0, 0.05) is 0 Å². The van der Waals surface area contributed by atoms with E-state index in [2.05, 4.69) is 27.7 Å². The predicted octanol–water partition coefficient (Wildman–Crippen LogP) is 10.8. The van der Waals surface area contributed by atoms with Crippen LogP contribution in [0.25, 0.3) is 0 Å². The predicted molar refractivity (Wildman–Crippen MR) is 131 cm³/mol. The Morgan fingerprint density at radius 3 is 0.964 bits per heavy atom. The molecule has 0 saturated heterocycles. The zero-order valence-electron chi connectivity index (χ0n) is 20.5. The van der Waals surface area contributed by atoms with Gasteiger partial charge in [-0.3, -0.25) is 0 Å². The molecule has 0 N–H and O–H groups in total. The monoisotopic (exact) mass is 393 g/mol. The van der Waals surface area contributed by atoms with E-state index in [0.717, 1.165) is 6.42 Å². The summed E-state index contributed by atoms with van der Waals surface area (Å²) in [6.07, 6.45) is 32.9. The van der Waals surface area contributed by atoms with E-state index in [1.54, 1.807) is 0 Å². The Kier molecular flexibility index (Phi) is 21.7. The van der Waals surface area contributed by atoms with Crippen molar-refractivity contribution in [1.82, 2.24) is 0 Å². The number of rotatable bonds is 23. The number of unbranched alkanes of at least 4 members (excludes halogenated alkanes) is 15. The molecule has 0 aliphatic rings. The van der Waals surface area contributed by atoms with Gasteiger partial charge in [-0.1, -0.05) is 150 Å². The lowest BCUT2D eigenvalue weighted by atomic mass is 9.71. The van der Waals surface area contributed by atoms with E-state index in [4.69, 9.17) is 0 Å². The summed E-state index contributed by atoms with van der Waals surface area (Å²) in [5.41, 5.74) is 0.627. The van der Waals surface area contributed by atoms with Gasteiger partial charge >= 0.3 is 0 Å². The molecule has 0 aromatic heterocycles. The van der Waals surface area contributed by atoms with Crippen LogP contribution in [0.4, 0.5) is 0 Å². The van der Waals surface area contributed by atoms with Gasteiger partial charge in [0.15, 0.2) is 0 Å². The smallest absolute Gasteiger partial charge is 0.0297 e. The lowest BCUT2D eigenvalue weighted by Crippen LogP contribution is -2.21. The molecule has 0 spiro atoms. The second-order valence-electron chi connectivity index (χ2n) is 9.66. The highest BCUT2D eigenvalue weighted by Crippen LogP contribution is 2.41. The highest BCUT2D eigenvalue weighted by molar-refractivity contribution is 4.80. The van der Waals surface area contributed by atoms with Crippen LogP contribution < -0.4 is 0 Å². The Hall–Kier alpha value is 0. The van der Waals surface area contributed by atoms with Gasteiger partial charge in [-0.25, -0.2) is 0 Å². The number of hydrogen-bond donors (Lipinski definition) is 0. The van der Waals surface area contributed by atoms with E-state index >= 15 is 0 Å². The molecule has 0 aliphatic carbocycles. The van der Waals surface area contributed by atoms with Crippen molar-refractivity contribution in [2.24, 2.45) is 5.41 Å². The van der Waals surface area contributed by atoms with E-state index in [1.807, 2.05) is 0 Å². The summed E-state index contributed by atoms with van der Waals surface area (Å²) < 4.78 is 0. The second kappa shape index (κ2) is 21.7. The van der Waals surface area contributed by atoms with Gasteiger partial charge < -0.3 is 0 Å². The Labute approximate surface area is 181 Å². The van der Waals surface area contributed by atoms with Crippen molar-refractivity contribution < 1.29 is 0 Å². The van der Waals surface area contributed by atoms with E-state index in [0.29, 0.717) is 5.41 Å². The highest BCUT2D eigenvalue weighted by atomic mass is 14.3. The Morgan fingerprint density at radius 2 is 0.679 bits per heavy atom. The normalized spacial score (nSPS) is 12.0. The van der Waals surface area contributed by atoms with Gasteiger partial charge in [0.25, 0.3) is 0 Å². The minimum Gasteiger partial charge on any atom is -0.0654 e. The van der Waals surface area contributed by atoms with Crippen molar-refractivity contribution in [3.8, 4) is 0 Å². The molecule has 0 atom stereocenters. The van der Waals surface area contributed by atoms with Crippen molar-refractivity contribution in [3.63, 3.8) is 0 Å². The lowest BCUT2D eigenvalue weighted by molar-refractivity contribution is 0.179. The Balaban J connectivity index is 4.39. The summed E-state index contributed by atoms with van der Waals surface area (Å²) in [5, 5.41) is 0. The second-order valence-corrected chi connectivity index (χ2v) is 9.66. The first-order chi connectivity index (χ1) is 13.7. The van der Waals surface area contributed by atoms with Gasteiger partial charge in [0.05, 0.1) is 0 Å². The largest absolute Gasteiger partial charge is 0.0654 e. The first-order valence-electron chi connectivity index (χ1n) is 13.5. The fourth-order valence-electron chi connectivity index (χ4n) is 4.97. The first-order valence-corrected chi connectivity index (χ1v) is 13.5. The van der Waals surface area contributed by atoms with Crippen LogP contribution in [0.5, 0.6) is 0 Å². The summed E-state index contributed by atoms with van der Waals surface area (Å²) in [4.78, 5) is 0. The van der Waals surface area contributed by atoms with E-state index in [1.165, 1.54) is 141 Å². The van der Waals surface area contributed by atoms with Crippen molar-refractivity contribution in [2.75, 3.05) is 0 Å². The molecular formula is C28H57. The molecule has 169 valence electrons. The van der Waals surface area contributed by atoms with Gasteiger partial charge in [-0.15, -0.1) is 0 Å². The van der Waals surface area contributed by atoms with Crippen LogP contribution in [0.2, 0.25) is 0 Å². The molecule has 0 nitrogen and oxygen atoms in total. The van der Waals surface area contributed by atoms with Gasteiger partial charge in [0.1, 0.15) is 0 Å². The average molecular weight is 394 g/mol. The Bertz CT molecular complexity index is 239. The highest BCUT2D eigenvalue weighted by Gasteiger charge is 2.27. The molecule has 0 amide bonds. The molecule has 0 heteroatoms. The molecule has 0 aliphatic heterocycles. The molecule has 28 heavy (non-hydrogen) atoms. The van der Waals surface area contributed by atoms with E-state index in [9.17, 15) is 0 Å². The molecular weight excluding hydrogens is 336 g/mol. The van der Waals surface area contributed by atoms with Crippen molar-refractivity contribution in [3.05, 3.63) is 6.92 Å². The zero-order valence-corrected chi connectivity index (χ0v) is 20.5. The van der Waals surface area contributed by atoms with E-state index in [-0.39, 0.29) is 0 Å². The molecule has 0 aromatic carbocycles. The SMILES string of the molecule is [CH2]CCC(CCCCCCCC)(CCCCCCCC)CCCCCCCC. The maximum atomic E-state index is 4.28. The summed E-state index contributed by atoms with van der Waals surface area (Å²) in [7, 11) is 0. The molecule has 0 saturated carbocycles.